The molecule has 1 N–H and O–H groups in total. The first kappa shape index (κ1) is 15.9. The molecule has 1 rings (SSSR count). The summed E-state index contributed by atoms with van der Waals surface area (Å²) in [7, 11) is 1.73. The lowest BCUT2D eigenvalue weighted by molar-refractivity contribution is 0.0735. The summed E-state index contributed by atoms with van der Waals surface area (Å²) < 4.78 is 10.7. The molecule has 2 unspecified atom stereocenters. The Kier molecular flexibility index (Phi) is 8.59. The first-order valence-electron chi connectivity index (χ1n) is 7.32. The molecule has 1 saturated heterocycles. The molecule has 1 heterocycles. The third-order valence-corrected chi connectivity index (χ3v) is 3.73. The molecule has 0 amide bonds. The molecule has 0 bridgehead atoms. The van der Waals surface area contributed by atoms with Crippen molar-refractivity contribution in [1.82, 2.24) is 10.2 Å². The van der Waals surface area contributed by atoms with Gasteiger partial charge in [-0.1, -0.05) is 6.92 Å². The van der Waals surface area contributed by atoms with Gasteiger partial charge in [0.25, 0.3) is 0 Å². The Bertz CT molecular complexity index is 202. The Balaban J connectivity index is 2.17. The highest BCUT2D eigenvalue weighted by atomic mass is 16.5. The number of nitrogens with one attached hydrogen (secondary N) is 1. The normalized spacial score (nSPS) is 26.2. The molecule has 0 radical (unpaired) electrons. The summed E-state index contributed by atoms with van der Waals surface area (Å²) in [5.41, 5.74) is 0. The van der Waals surface area contributed by atoms with Crippen molar-refractivity contribution in [3.8, 4) is 0 Å². The largest absolute Gasteiger partial charge is 0.385 e. The van der Waals surface area contributed by atoms with E-state index in [1.807, 2.05) is 0 Å². The van der Waals surface area contributed by atoms with Crippen molar-refractivity contribution >= 4 is 0 Å². The van der Waals surface area contributed by atoms with Gasteiger partial charge in [-0.3, -0.25) is 4.90 Å². The highest BCUT2D eigenvalue weighted by Gasteiger charge is 2.21. The van der Waals surface area contributed by atoms with Gasteiger partial charge in [-0.25, -0.2) is 0 Å². The Morgan fingerprint density at radius 2 is 2.11 bits per heavy atom. The zero-order valence-corrected chi connectivity index (χ0v) is 12.3. The summed E-state index contributed by atoms with van der Waals surface area (Å²) in [4.78, 5) is 2.56. The molecular weight excluding hydrogens is 228 g/mol. The summed E-state index contributed by atoms with van der Waals surface area (Å²) in [6, 6.07) is 1.31. The van der Waals surface area contributed by atoms with Gasteiger partial charge in [-0.05, 0) is 32.7 Å². The monoisotopic (exact) mass is 258 g/mol. The lowest BCUT2D eigenvalue weighted by Gasteiger charge is -2.28. The predicted molar refractivity (Wildman–Crippen MR) is 75.0 cm³/mol. The number of methoxy groups -OCH3 is 1. The quantitative estimate of drug-likeness (QED) is 0.669. The van der Waals surface area contributed by atoms with Crippen molar-refractivity contribution in [3.05, 3.63) is 0 Å². The van der Waals surface area contributed by atoms with E-state index in [-0.39, 0.29) is 0 Å². The van der Waals surface area contributed by atoms with Gasteiger partial charge in [-0.2, -0.15) is 0 Å². The number of hydrogen-bond acceptors (Lipinski definition) is 4. The minimum absolute atomic E-state index is 0.642. The summed E-state index contributed by atoms with van der Waals surface area (Å²) in [5.74, 6) is 0. The van der Waals surface area contributed by atoms with Crippen LogP contribution in [0.15, 0.2) is 0 Å². The van der Waals surface area contributed by atoms with Crippen LogP contribution in [0.3, 0.4) is 0 Å². The Morgan fingerprint density at radius 1 is 1.28 bits per heavy atom. The molecule has 4 nitrogen and oxygen atoms in total. The van der Waals surface area contributed by atoms with Crippen molar-refractivity contribution < 1.29 is 9.47 Å². The van der Waals surface area contributed by atoms with Crippen molar-refractivity contribution in [2.24, 2.45) is 0 Å². The van der Waals surface area contributed by atoms with E-state index in [4.69, 9.17) is 9.47 Å². The summed E-state index contributed by atoms with van der Waals surface area (Å²) in [5, 5.41) is 3.61. The van der Waals surface area contributed by atoms with E-state index >= 15 is 0 Å². The molecule has 108 valence electrons. The molecular formula is C14H30N2O2. The van der Waals surface area contributed by atoms with Gasteiger partial charge in [0.1, 0.15) is 0 Å². The molecule has 1 aliphatic heterocycles. The van der Waals surface area contributed by atoms with Gasteiger partial charge >= 0.3 is 0 Å². The van der Waals surface area contributed by atoms with Gasteiger partial charge in [0.2, 0.25) is 0 Å². The SMILES string of the molecule is CCC1CN(CCOCCCOC)C(C)CCN1. The van der Waals surface area contributed by atoms with Crippen LogP contribution in [0.1, 0.15) is 33.1 Å². The van der Waals surface area contributed by atoms with Gasteiger partial charge in [0.05, 0.1) is 6.61 Å². The van der Waals surface area contributed by atoms with Crippen molar-refractivity contribution in [3.63, 3.8) is 0 Å². The molecule has 0 aromatic rings. The smallest absolute Gasteiger partial charge is 0.0593 e. The molecule has 0 aliphatic carbocycles. The average molecular weight is 258 g/mol. The third kappa shape index (κ3) is 6.14. The average Bonchev–Trinajstić information content (AvgIpc) is 2.56. The van der Waals surface area contributed by atoms with Gasteiger partial charge < -0.3 is 14.8 Å². The van der Waals surface area contributed by atoms with Crippen LogP contribution >= 0.6 is 0 Å². The molecule has 1 aliphatic rings. The van der Waals surface area contributed by atoms with Crippen LogP contribution in [0.2, 0.25) is 0 Å². The van der Waals surface area contributed by atoms with Crippen LogP contribution in [-0.2, 0) is 9.47 Å². The molecule has 18 heavy (non-hydrogen) atoms. The van der Waals surface area contributed by atoms with E-state index in [1.54, 1.807) is 7.11 Å². The van der Waals surface area contributed by atoms with Gasteiger partial charge in [0, 0.05) is 45.5 Å². The van der Waals surface area contributed by atoms with E-state index < -0.39 is 0 Å². The van der Waals surface area contributed by atoms with E-state index in [1.165, 1.54) is 12.8 Å². The highest BCUT2D eigenvalue weighted by molar-refractivity contribution is 4.79. The number of ether oxygens (including phenoxy) is 2. The molecule has 0 spiro atoms. The van der Waals surface area contributed by atoms with Crippen LogP contribution in [0, 0.1) is 0 Å². The van der Waals surface area contributed by atoms with Crippen LogP contribution in [0.4, 0.5) is 0 Å². The molecule has 0 saturated carbocycles. The highest BCUT2D eigenvalue weighted by Crippen LogP contribution is 2.10. The van der Waals surface area contributed by atoms with Crippen LogP contribution < -0.4 is 5.32 Å². The minimum atomic E-state index is 0.642. The van der Waals surface area contributed by atoms with E-state index in [9.17, 15) is 0 Å². The lowest BCUT2D eigenvalue weighted by Crippen LogP contribution is -2.41. The zero-order chi connectivity index (χ0) is 13.2. The molecule has 0 aromatic heterocycles. The van der Waals surface area contributed by atoms with Crippen LogP contribution in [0.5, 0.6) is 0 Å². The van der Waals surface area contributed by atoms with Crippen molar-refractivity contribution in [2.75, 3.05) is 46.6 Å². The van der Waals surface area contributed by atoms with Gasteiger partial charge in [-0.15, -0.1) is 0 Å². The fraction of sp³-hybridized carbons (Fsp3) is 1.00. The molecule has 0 aromatic carbocycles. The Labute approximate surface area is 112 Å². The van der Waals surface area contributed by atoms with Crippen molar-refractivity contribution in [2.45, 2.75) is 45.2 Å². The van der Waals surface area contributed by atoms with E-state index in [0.717, 1.165) is 45.9 Å². The number of nitrogens with zero attached hydrogens (tertiary/aromatic N) is 1. The second kappa shape index (κ2) is 9.73. The first-order valence-corrected chi connectivity index (χ1v) is 7.32. The first-order chi connectivity index (χ1) is 8.77. The van der Waals surface area contributed by atoms with Crippen molar-refractivity contribution in [1.29, 1.82) is 0 Å². The summed E-state index contributed by atoms with van der Waals surface area (Å²) in [6.07, 6.45) is 3.43. The fourth-order valence-electron chi connectivity index (χ4n) is 2.38. The van der Waals surface area contributed by atoms with Crippen LogP contribution in [-0.4, -0.2) is 63.5 Å². The standard InChI is InChI=1S/C14H30N2O2/c1-4-14-12-16(13(2)6-7-15-14)8-11-18-10-5-9-17-3/h13-15H,4-12H2,1-3H3. The predicted octanol–water partition coefficient (Wildman–Crippen LogP) is 1.50. The second-order valence-corrected chi connectivity index (χ2v) is 5.15. The lowest BCUT2D eigenvalue weighted by atomic mass is 10.2. The fourth-order valence-corrected chi connectivity index (χ4v) is 2.38. The van der Waals surface area contributed by atoms with E-state index in [0.29, 0.717) is 12.1 Å². The number of rotatable bonds is 8. The molecule has 2 atom stereocenters. The van der Waals surface area contributed by atoms with Gasteiger partial charge in [0.15, 0.2) is 0 Å². The zero-order valence-electron chi connectivity index (χ0n) is 12.3. The summed E-state index contributed by atoms with van der Waals surface area (Å²) >= 11 is 0. The molecule has 1 fully saturated rings. The minimum Gasteiger partial charge on any atom is -0.385 e. The maximum absolute atomic E-state index is 5.65. The maximum Gasteiger partial charge on any atom is 0.0593 e. The second-order valence-electron chi connectivity index (χ2n) is 5.15. The number of hydrogen-bond donors (Lipinski definition) is 1. The topological polar surface area (TPSA) is 33.7 Å². The van der Waals surface area contributed by atoms with E-state index in [2.05, 4.69) is 24.1 Å². The summed E-state index contributed by atoms with van der Waals surface area (Å²) in [6.45, 7) is 10.4. The van der Waals surface area contributed by atoms with Crippen LogP contribution in [0.25, 0.3) is 0 Å². The third-order valence-electron chi connectivity index (χ3n) is 3.73. The molecule has 4 heteroatoms. The Morgan fingerprint density at radius 3 is 2.83 bits per heavy atom. The Hall–Kier alpha value is -0.160. The maximum atomic E-state index is 5.65.